The first-order valence-corrected chi connectivity index (χ1v) is 0. The molecule has 0 spiro atoms. The Morgan fingerprint density at radius 3 is 1.00 bits per heavy atom. The Kier molecular flexibility index (Phi) is 116. The van der Waals surface area contributed by atoms with Gasteiger partial charge in [0, 0.05) is 45.3 Å². The zero-order valence-corrected chi connectivity index (χ0v) is 7.77. The van der Waals surface area contributed by atoms with Crippen LogP contribution in [0.3, 0.4) is 0 Å². The van der Waals surface area contributed by atoms with Gasteiger partial charge < -0.3 is 0 Å². The Hall–Kier alpha value is 3.03. The van der Waals surface area contributed by atoms with Gasteiger partial charge >= 0.3 is 45.0 Å². The first-order chi connectivity index (χ1) is 0. The van der Waals surface area contributed by atoms with Gasteiger partial charge in [0.1, 0.15) is 0 Å². The minimum Gasteiger partial charge on any atom is 0 e. The molecule has 0 aromatic heterocycles. The van der Waals surface area contributed by atoms with Gasteiger partial charge in [0.2, 0.25) is 0 Å². The molecule has 0 saturated heterocycles. The van der Waals surface area contributed by atoms with Crippen molar-refractivity contribution in [3.63, 3.8) is 0 Å². The van der Waals surface area contributed by atoms with Crippen LogP contribution in [0.1, 0.15) is 0 Å². The maximum Gasteiger partial charge on any atom is 0 e. The molecule has 0 heterocycles. The smallest absolute Gasteiger partial charge is 0 e. The zero-order chi connectivity index (χ0) is 0. The van der Waals surface area contributed by atoms with Gasteiger partial charge in [0.25, 0.3) is 0 Å². The van der Waals surface area contributed by atoms with E-state index in [1.165, 1.54) is 0 Å². The second-order valence-corrected chi connectivity index (χ2v) is 0. The van der Waals surface area contributed by atoms with Crippen molar-refractivity contribution >= 4 is 8.41 Å². The molecule has 0 aliphatic carbocycles. The summed E-state index contributed by atoms with van der Waals surface area (Å²) in [6.07, 6.45) is 0. The Balaban J connectivity index is 0. The molecule has 16 valence electrons. The molecular weight excluding hydrogens is 481 g/mol. The topological polar surface area (TPSA) is 0 Å². The molecule has 0 nitrogen and oxygen atoms in total. The van der Waals surface area contributed by atoms with Crippen molar-refractivity contribution in [2.24, 2.45) is 0 Å². The SMILES string of the molecule is B.[Hf].[RaH2].[Zn]. The fraction of sp³-hybridized carbons (Fsp3) is 0. The molecule has 0 aliphatic heterocycles. The Labute approximate surface area is 96.4 Å². The predicted molar refractivity (Wildman–Crippen MR) is 12.7 cm³/mol. The molecular formula is H5BHfRaZn. The van der Waals surface area contributed by atoms with Crippen LogP contribution in [0, 0.1) is 45.0 Å². The van der Waals surface area contributed by atoms with Gasteiger partial charge in [-0.2, -0.15) is 0 Å². The van der Waals surface area contributed by atoms with Crippen LogP contribution < -0.4 is 0 Å². The molecule has 4 heavy (non-hydrogen) atoms. The van der Waals surface area contributed by atoms with Crippen LogP contribution in [0.25, 0.3) is 0 Å². The quantitative estimate of drug-likeness (QED) is 0.358. The second kappa shape index (κ2) is 16.6. The van der Waals surface area contributed by atoms with Crippen molar-refractivity contribution in [2.75, 3.05) is 0 Å². The van der Waals surface area contributed by atoms with E-state index in [2.05, 4.69) is 0 Å². The summed E-state index contributed by atoms with van der Waals surface area (Å²) < 4.78 is 0. The minimum atomic E-state index is 0. The first kappa shape index (κ1) is 27.9. The minimum absolute atomic E-state index is 0. The fourth-order valence-corrected chi connectivity index (χ4v) is 0. The molecule has 0 unspecified atom stereocenters. The Bertz CT molecular complexity index is 8.00. The van der Waals surface area contributed by atoms with Gasteiger partial charge in [0.05, 0.1) is 8.41 Å². The van der Waals surface area contributed by atoms with Gasteiger partial charge in [0.15, 0.2) is 0 Å². The molecule has 0 N–H and O–H groups in total. The second-order valence-electron chi connectivity index (χ2n) is 0. The molecule has 0 saturated carbocycles. The van der Waals surface area contributed by atoms with Gasteiger partial charge in [-0.1, -0.05) is 0 Å². The van der Waals surface area contributed by atoms with Gasteiger partial charge in [-0.15, -0.1) is 0 Å². The van der Waals surface area contributed by atoms with Crippen LogP contribution in [0.2, 0.25) is 0 Å². The van der Waals surface area contributed by atoms with E-state index in [4.69, 9.17) is 0 Å². The standard InChI is InChI=1S/BH3.Hf.Ra.Zn.2H/h1H3;;;;;. The third-order valence-electron chi connectivity index (χ3n) is 0. The Morgan fingerprint density at radius 2 is 1.00 bits per heavy atom. The molecule has 0 aromatic carbocycles. The summed E-state index contributed by atoms with van der Waals surface area (Å²) in [7, 11) is 0. The van der Waals surface area contributed by atoms with Crippen LogP contribution in [-0.4, -0.2) is 8.41 Å². The molecule has 0 radical (unpaired) electrons. The van der Waals surface area contributed by atoms with Gasteiger partial charge in [-0.3, -0.25) is 0 Å². The summed E-state index contributed by atoms with van der Waals surface area (Å²) in [5.41, 5.74) is 0. The molecule has 0 fully saturated rings. The van der Waals surface area contributed by atoms with E-state index in [0.717, 1.165) is 0 Å². The van der Waals surface area contributed by atoms with Gasteiger partial charge in [-0.25, -0.2) is 0 Å². The van der Waals surface area contributed by atoms with Crippen LogP contribution in [-0.2, 0) is 45.3 Å². The van der Waals surface area contributed by atoms with Crippen LogP contribution in [0.15, 0.2) is 0 Å². The predicted octanol–water partition coefficient (Wildman–Crippen LogP) is -1.72. The summed E-state index contributed by atoms with van der Waals surface area (Å²) in [5.74, 6) is 0. The normalized spacial score (nSPS) is 0. The first-order valence-electron chi connectivity index (χ1n) is 0. The summed E-state index contributed by atoms with van der Waals surface area (Å²) in [6.45, 7) is 0. The maximum atomic E-state index is 0. The zero-order valence-electron chi connectivity index (χ0n) is 1.21. The summed E-state index contributed by atoms with van der Waals surface area (Å²) in [4.78, 5) is 0. The molecule has 0 aromatic rings. The van der Waals surface area contributed by atoms with Crippen molar-refractivity contribution in [2.45, 2.75) is 0 Å². The Morgan fingerprint density at radius 1 is 1.00 bits per heavy atom. The van der Waals surface area contributed by atoms with Crippen LogP contribution >= 0.6 is 0 Å². The van der Waals surface area contributed by atoms with Crippen LogP contribution in [0.5, 0.6) is 0 Å². The summed E-state index contributed by atoms with van der Waals surface area (Å²) in [5, 5.41) is 0. The van der Waals surface area contributed by atoms with E-state index >= 15 is 0 Å². The molecule has 0 atom stereocenters. The van der Waals surface area contributed by atoms with Crippen molar-refractivity contribution in [1.29, 1.82) is 0 Å². The van der Waals surface area contributed by atoms with E-state index in [0.29, 0.717) is 0 Å². The van der Waals surface area contributed by atoms with Crippen molar-refractivity contribution < 1.29 is 90.3 Å². The number of hydrogen-bond donors (Lipinski definition) is 0. The largest absolute Gasteiger partial charge is 0 e. The number of rotatable bonds is 0. The fourth-order valence-electron chi connectivity index (χ4n) is 0. The average molecular weight is 486 g/mol. The van der Waals surface area contributed by atoms with E-state index in [1.54, 1.807) is 0 Å². The van der Waals surface area contributed by atoms with E-state index < -0.39 is 0 Å². The third kappa shape index (κ3) is 8.90. The third-order valence-corrected chi connectivity index (χ3v) is 0. The molecule has 4 heteroatoms. The van der Waals surface area contributed by atoms with Crippen LogP contribution in [0.4, 0.5) is 0 Å². The van der Waals surface area contributed by atoms with Crippen molar-refractivity contribution in [1.82, 2.24) is 0 Å². The van der Waals surface area contributed by atoms with Crippen molar-refractivity contribution in [3.05, 3.63) is 0 Å². The van der Waals surface area contributed by atoms with E-state index in [9.17, 15) is 0 Å². The molecule has 0 aliphatic rings. The van der Waals surface area contributed by atoms with E-state index in [1.807, 2.05) is 0 Å². The van der Waals surface area contributed by atoms with Crippen molar-refractivity contribution in [3.8, 4) is 0 Å². The molecule has 0 amide bonds. The maximum absolute atomic E-state index is 0. The van der Waals surface area contributed by atoms with Gasteiger partial charge in [-0.05, 0) is 0 Å². The van der Waals surface area contributed by atoms with E-state index in [-0.39, 0.29) is 98.7 Å². The number of hydrogen-bond acceptors (Lipinski definition) is 0. The monoisotopic (exact) mass is 486 g/mol. The summed E-state index contributed by atoms with van der Waals surface area (Å²) >= 11 is 0. The summed E-state index contributed by atoms with van der Waals surface area (Å²) in [6, 6.07) is 0. The molecule has 0 rings (SSSR count). The average Bonchev–Trinajstić information content (AvgIpc) is 0. The molecule has 0 bridgehead atoms.